The molecule has 2 amide bonds. The van der Waals surface area contributed by atoms with E-state index in [2.05, 4.69) is 5.32 Å². The van der Waals surface area contributed by atoms with E-state index in [1.54, 1.807) is 0 Å². The highest BCUT2D eigenvalue weighted by Gasteiger charge is 2.72. The molecular weight excluding hydrogens is 462 g/mol. The molecule has 2 aromatic rings. The molecule has 3 aliphatic rings. The zero-order chi connectivity index (χ0) is 24.7. The molecule has 0 spiro atoms. The van der Waals surface area contributed by atoms with Crippen molar-refractivity contribution in [2.45, 2.75) is 17.9 Å². The highest BCUT2D eigenvalue weighted by molar-refractivity contribution is 5.88. The first-order valence-electron chi connectivity index (χ1n) is 11.4. The van der Waals surface area contributed by atoms with Gasteiger partial charge in [0, 0.05) is 19.0 Å². The Hall–Kier alpha value is -3.53. The number of fused-ring (bicyclic) bond motifs is 3. The lowest BCUT2D eigenvalue weighted by Crippen LogP contribution is -2.53. The molecule has 35 heavy (non-hydrogen) atoms. The van der Waals surface area contributed by atoms with E-state index in [0.29, 0.717) is 0 Å². The molecular formula is C25H24F2N2O6. The van der Waals surface area contributed by atoms with Crippen LogP contribution in [0.15, 0.2) is 48.5 Å². The number of rotatable bonds is 6. The Morgan fingerprint density at radius 1 is 1.09 bits per heavy atom. The van der Waals surface area contributed by atoms with Crippen molar-refractivity contribution in [3.8, 4) is 11.1 Å². The molecule has 0 bridgehead atoms. The van der Waals surface area contributed by atoms with E-state index in [-0.39, 0.29) is 32.3 Å². The molecule has 5 rings (SSSR count). The normalized spacial score (nSPS) is 24.3. The van der Waals surface area contributed by atoms with Crippen LogP contribution in [0.25, 0.3) is 11.1 Å². The van der Waals surface area contributed by atoms with E-state index in [4.69, 9.17) is 9.47 Å². The largest absolute Gasteiger partial charge is 0.480 e. The summed E-state index contributed by atoms with van der Waals surface area (Å²) in [6, 6.07) is 14.3. The molecule has 2 fully saturated rings. The van der Waals surface area contributed by atoms with Gasteiger partial charge in [0.1, 0.15) is 12.5 Å². The van der Waals surface area contributed by atoms with E-state index < -0.39 is 48.3 Å². The first-order valence-corrected chi connectivity index (χ1v) is 11.4. The maximum absolute atomic E-state index is 14.4. The number of ether oxygens (including phenoxy) is 2. The Bertz CT molecular complexity index is 1130. The molecule has 1 heterocycles. The number of aliphatic carboxylic acids is 1. The number of halogens is 2. The van der Waals surface area contributed by atoms with Crippen LogP contribution in [0.1, 0.15) is 17.0 Å². The summed E-state index contributed by atoms with van der Waals surface area (Å²) in [4.78, 5) is 37.3. The monoisotopic (exact) mass is 486 g/mol. The van der Waals surface area contributed by atoms with E-state index >= 15 is 0 Å². The topological polar surface area (TPSA) is 105 Å². The molecule has 2 N–H and O–H groups in total. The summed E-state index contributed by atoms with van der Waals surface area (Å²) in [7, 11) is 0. The van der Waals surface area contributed by atoms with Gasteiger partial charge in [-0.3, -0.25) is 4.79 Å². The van der Waals surface area contributed by atoms with Gasteiger partial charge in [-0.2, -0.15) is 0 Å². The molecule has 3 atom stereocenters. The van der Waals surface area contributed by atoms with Crippen LogP contribution in [-0.4, -0.2) is 72.9 Å². The first-order chi connectivity index (χ1) is 16.8. The molecule has 1 aliphatic heterocycles. The summed E-state index contributed by atoms with van der Waals surface area (Å²) in [6.45, 7) is -0.660. The van der Waals surface area contributed by atoms with Gasteiger partial charge in [0.15, 0.2) is 6.04 Å². The van der Waals surface area contributed by atoms with Gasteiger partial charge in [0.05, 0.1) is 19.1 Å². The molecule has 1 saturated heterocycles. The SMILES string of the molecule is O=C(NCC1C(C(=O)N2CCOCC2C(=O)O)C1(F)F)OCC1c2ccccc2-c2ccccc21. The Morgan fingerprint density at radius 2 is 1.71 bits per heavy atom. The number of amides is 2. The van der Waals surface area contributed by atoms with Crippen LogP contribution < -0.4 is 5.32 Å². The predicted molar refractivity (Wildman–Crippen MR) is 119 cm³/mol. The third-order valence-corrected chi connectivity index (χ3v) is 6.97. The van der Waals surface area contributed by atoms with Crippen molar-refractivity contribution < 1.29 is 37.7 Å². The fraction of sp³-hybridized carbons (Fsp3) is 0.400. The number of carbonyl (C=O) groups excluding carboxylic acids is 2. The Balaban J connectivity index is 1.18. The van der Waals surface area contributed by atoms with Crippen molar-refractivity contribution in [1.82, 2.24) is 10.2 Å². The van der Waals surface area contributed by atoms with E-state index in [1.165, 1.54) is 0 Å². The maximum atomic E-state index is 14.4. The highest BCUT2D eigenvalue weighted by atomic mass is 19.3. The quantitative estimate of drug-likeness (QED) is 0.651. The van der Waals surface area contributed by atoms with Crippen molar-refractivity contribution in [3.05, 3.63) is 59.7 Å². The lowest BCUT2D eigenvalue weighted by Gasteiger charge is -2.33. The zero-order valence-electron chi connectivity index (χ0n) is 18.7. The van der Waals surface area contributed by atoms with Gasteiger partial charge in [-0.25, -0.2) is 18.4 Å². The summed E-state index contributed by atoms with van der Waals surface area (Å²) in [5, 5.41) is 11.6. The van der Waals surface area contributed by atoms with Crippen LogP contribution in [0.2, 0.25) is 0 Å². The molecule has 2 aliphatic carbocycles. The second-order valence-corrected chi connectivity index (χ2v) is 8.93. The van der Waals surface area contributed by atoms with Crippen molar-refractivity contribution in [2.24, 2.45) is 11.8 Å². The predicted octanol–water partition coefficient (Wildman–Crippen LogP) is 2.72. The number of nitrogens with zero attached hydrogens (tertiary/aromatic N) is 1. The average Bonchev–Trinajstić information content (AvgIpc) is 3.26. The van der Waals surface area contributed by atoms with E-state index in [1.807, 2.05) is 48.5 Å². The average molecular weight is 486 g/mol. The summed E-state index contributed by atoms with van der Waals surface area (Å²) in [5.41, 5.74) is 4.19. The third kappa shape index (κ3) is 4.12. The van der Waals surface area contributed by atoms with Crippen LogP contribution in [0.5, 0.6) is 0 Å². The summed E-state index contributed by atoms with van der Waals surface area (Å²) >= 11 is 0. The molecule has 0 aromatic heterocycles. The standard InChI is InChI=1S/C25H24F2N2O6/c26-25(27)19(21(25)22(30)29-9-10-34-13-20(29)23(31)32)11-28-24(33)35-12-18-16-7-3-1-5-14(16)15-6-2-4-8-17(15)18/h1-8,18-21H,9-13H2,(H,28,33)(H,31,32). The van der Waals surface area contributed by atoms with Crippen LogP contribution in [0, 0.1) is 11.8 Å². The Morgan fingerprint density at radius 3 is 2.34 bits per heavy atom. The van der Waals surface area contributed by atoms with E-state index in [9.17, 15) is 28.3 Å². The van der Waals surface area contributed by atoms with Crippen LogP contribution >= 0.6 is 0 Å². The second-order valence-electron chi connectivity index (χ2n) is 8.93. The number of morpholine rings is 1. The van der Waals surface area contributed by atoms with Gasteiger partial charge in [-0.05, 0) is 22.3 Å². The lowest BCUT2D eigenvalue weighted by molar-refractivity contribution is -0.160. The van der Waals surface area contributed by atoms with Crippen molar-refractivity contribution in [3.63, 3.8) is 0 Å². The summed E-state index contributed by atoms with van der Waals surface area (Å²) in [6.07, 6.45) is -0.851. The number of hydrogen-bond acceptors (Lipinski definition) is 5. The minimum Gasteiger partial charge on any atom is -0.480 e. The fourth-order valence-electron chi connectivity index (χ4n) is 5.07. The number of hydrogen-bond donors (Lipinski definition) is 2. The first kappa shape index (κ1) is 23.2. The molecule has 10 heteroatoms. The smallest absolute Gasteiger partial charge is 0.407 e. The zero-order valence-corrected chi connectivity index (χ0v) is 18.7. The number of nitrogens with one attached hydrogen (secondary N) is 1. The number of alkyl halides is 2. The van der Waals surface area contributed by atoms with Gasteiger partial charge in [0.25, 0.3) is 5.92 Å². The lowest BCUT2D eigenvalue weighted by atomic mass is 9.98. The molecule has 1 saturated carbocycles. The Kier molecular flexibility index (Phi) is 5.92. The van der Waals surface area contributed by atoms with Crippen molar-refractivity contribution >= 4 is 18.0 Å². The van der Waals surface area contributed by atoms with Crippen molar-refractivity contribution in [1.29, 1.82) is 0 Å². The van der Waals surface area contributed by atoms with Crippen LogP contribution in [0.3, 0.4) is 0 Å². The minimum absolute atomic E-state index is 0.0390. The van der Waals surface area contributed by atoms with E-state index in [0.717, 1.165) is 27.2 Å². The number of carboxylic acids is 1. The number of alkyl carbamates (subject to hydrolysis) is 1. The van der Waals surface area contributed by atoms with Gasteiger partial charge in [0.2, 0.25) is 5.91 Å². The summed E-state index contributed by atoms with van der Waals surface area (Å²) in [5.74, 6) is -8.86. The minimum atomic E-state index is -3.34. The summed E-state index contributed by atoms with van der Waals surface area (Å²) < 4.78 is 39.2. The van der Waals surface area contributed by atoms with Crippen LogP contribution in [-0.2, 0) is 19.1 Å². The maximum Gasteiger partial charge on any atom is 0.407 e. The third-order valence-electron chi connectivity index (χ3n) is 6.97. The number of carbonyl (C=O) groups is 3. The van der Waals surface area contributed by atoms with Gasteiger partial charge in [-0.15, -0.1) is 0 Å². The number of benzene rings is 2. The molecule has 3 unspecified atom stereocenters. The Labute approximate surface area is 199 Å². The molecule has 8 nitrogen and oxygen atoms in total. The fourth-order valence-corrected chi connectivity index (χ4v) is 5.07. The second kappa shape index (κ2) is 8.92. The molecule has 2 aromatic carbocycles. The van der Waals surface area contributed by atoms with Gasteiger partial charge < -0.3 is 24.8 Å². The molecule has 0 radical (unpaired) electrons. The van der Waals surface area contributed by atoms with Crippen molar-refractivity contribution in [2.75, 3.05) is 32.9 Å². The molecule has 184 valence electrons. The highest BCUT2D eigenvalue weighted by Crippen LogP contribution is 2.56. The van der Waals surface area contributed by atoms with Crippen LogP contribution in [0.4, 0.5) is 13.6 Å². The van der Waals surface area contributed by atoms with Gasteiger partial charge in [-0.1, -0.05) is 48.5 Å². The van der Waals surface area contributed by atoms with Gasteiger partial charge >= 0.3 is 12.1 Å². The number of carboxylic acid groups (broad SMARTS) is 1.